The van der Waals surface area contributed by atoms with Gasteiger partial charge < -0.3 is 25.0 Å². The molecule has 0 spiro atoms. The number of nitrogens with zero attached hydrogens (tertiary/aromatic N) is 2. The van der Waals surface area contributed by atoms with Crippen LogP contribution in [0, 0.1) is 0 Å². The maximum Gasteiger partial charge on any atom is 0.191 e. The van der Waals surface area contributed by atoms with Crippen molar-refractivity contribution in [1.82, 2.24) is 15.5 Å². The Balaban J connectivity index is 1.57. The van der Waals surface area contributed by atoms with Crippen molar-refractivity contribution in [3.63, 3.8) is 0 Å². The molecule has 6 heteroatoms. The Morgan fingerprint density at radius 3 is 2.70 bits per heavy atom. The van der Waals surface area contributed by atoms with Gasteiger partial charge in [-0.2, -0.15) is 0 Å². The van der Waals surface area contributed by atoms with Crippen LogP contribution in [0.15, 0.2) is 17.1 Å². The number of nitrogens with one attached hydrogen (secondary N) is 2. The van der Waals surface area contributed by atoms with Gasteiger partial charge in [0, 0.05) is 56.3 Å². The first-order valence-electron chi connectivity index (χ1n) is 10.1. The molecule has 0 amide bonds. The van der Waals surface area contributed by atoms with Crippen LogP contribution in [0.3, 0.4) is 0 Å². The zero-order chi connectivity index (χ0) is 19.4. The van der Waals surface area contributed by atoms with Gasteiger partial charge in [0.1, 0.15) is 17.6 Å². The Morgan fingerprint density at radius 2 is 2.07 bits per heavy atom. The van der Waals surface area contributed by atoms with E-state index in [0.29, 0.717) is 18.6 Å². The van der Waals surface area contributed by atoms with Crippen molar-refractivity contribution >= 4 is 5.96 Å². The highest BCUT2D eigenvalue weighted by atomic mass is 16.5. The molecule has 27 heavy (non-hydrogen) atoms. The van der Waals surface area contributed by atoms with Crippen LogP contribution in [0.2, 0.25) is 0 Å². The fourth-order valence-corrected chi connectivity index (χ4v) is 3.94. The number of hydrogen-bond acceptors (Lipinski definition) is 4. The number of piperidine rings is 1. The van der Waals surface area contributed by atoms with E-state index in [0.717, 1.165) is 55.4 Å². The summed E-state index contributed by atoms with van der Waals surface area (Å²) in [5.74, 6) is 2.72. The van der Waals surface area contributed by atoms with E-state index in [1.165, 1.54) is 5.56 Å². The molecule has 0 bridgehead atoms. The molecule has 1 saturated heterocycles. The second-order valence-electron chi connectivity index (χ2n) is 7.88. The van der Waals surface area contributed by atoms with Crippen molar-refractivity contribution in [1.29, 1.82) is 0 Å². The first kappa shape index (κ1) is 19.8. The van der Waals surface area contributed by atoms with E-state index in [2.05, 4.69) is 53.4 Å². The third kappa shape index (κ3) is 4.86. The predicted octanol–water partition coefficient (Wildman–Crippen LogP) is 2.56. The Bertz CT molecular complexity index is 666. The van der Waals surface area contributed by atoms with Gasteiger partial charge in [0.25, 0.3) is 0 Å². The average Bonchev–Trinajstić information content (AvgIpc) is 3.03. The van der Waals surface area contributed by atoms with Crippen LogP contribution >= 0.6 is 0 Å². The zero-order valence-corrected chi connectivity index (χ0v) is 17.3. The molecule has 0 saturated carbocycles. The third-order valence-electron chi connectivity index (χ3n) is 5.57. The van der Waals surface area contributed by atoms with Gasteiger partial charge in [0.15, 0.2) is 5.96 Å². The molecule has 0 aromatic heterocycles. The monoisotopic (exact) mass is 374 g/mol. The predicted molar refractivity (Wildman–Crippen MR) is 110 cm³/mol. The van der Waals surface area contributed by atoms with E-state index >= 15 is 0 Å². The molecule has 1 fully saturated rings. The fraction of sp³-hybridized carbons (Fsp3) is 0.667. The lowest BCUT2D eigenvalue weighted by Crippen LogP contribution is -2.49. The summed E-state index contributed by atoms with van der Waals surface area (Å²) in [7, 11) is 3.54. The molecule has 0 aliphatic carbocycles. The van der Waals surface area contributed by atoms with E-state index < -0.39 is 0 Å². The van der Waals surface area contributed by atoms with Crippen LogP contribution in [-0.2, 0) is 13.0 Å². The minimum absolute atomic E-state index is 0.235. The maximum atomic E-state index is 5.90. The Morgan fingerprint density at radius 1 is 1.33 bits per heavy atom. The van der Waals surface area contributed by atoms with Crippen molar-refractivity contribution in [2.75, 3.05) is 27.2 Å². The van der Waals surface area contributed by atoms with E-state index in [4.69, 9.17) is 9.47 Å². The van der Waals surface area contributed by atoms with Gasteiger partial charge in [-0.25, -0.2) is 0 Å². The van der Waals surface area contributed by atoms with Crippen LogP contribution in [0.25, 0.3) is 0 Å². The molecular weight excluding hydrogens is 340 g/mol. The van der Waals surface area contributed by atoms with Gasteiger partial charge >= 0.3 is 0 Å². The van der Waals surface area contributed by atoms with E-state index in [1.807, 2.05) is 7.05 Å². The second-order valence-corrected chi connectivity index (χ2v) is 7.88. The molecular formula is C21H34N4O2. The van der Waals surface area contributed by atoms with Crippen LogP contribution < -0.4 is 20.1 Å². The number of benzene rings is 1. The highest BCUT2D eigenvalue weighted by Gasteiger charge is 2.23. The minimum atomic E-state index is 0.235. The number of fused-ring (bicyclic) bond motifs is 1. The lowest BCUT2D eigenvalue weighted by molar-refractivity contribution is 0.167. The van der Waals surface area contributed by atoms with Gasteiger partial charge in [-0.3, -0.25) is 4.99 Å². The summed E-state index contributed by atoms with van der Waals surface area (Å²) in [4.78, 5) is 6.93. The summed E-state index contributed by atoms with van der Waals surface area (Å²) in [6.07, 6.45) is 3.47. The number of rotatable bonds is 5. The van der Waals surface area contributed by atoms with Crippen LogP contribution in [-0.4, -0.2) is 56.3 Å². The fourth-order valence-electron chi connectivity index (χ4n) is 3.94. The van der Waals surface area contributed by atoms with Crippen LogP contribution in [0.4, 0.5) is 0 Å². The number of hydrogen-bond donors (Lipinski definition) is 2. The van der Waals surface area contributed by atoms with Gasteiger partial charge in [-0.1, -0.05) is 0 Å². The quantitative estimate of drug-likeness (QED) is 0.613. The smallest absolute Gasteiger partial charge is 0.191 e. The first-order chi connectivity index (χ1) is 13.0. The van der Waals surface area contributed by atoms with E-state index in [1.54, 1.807) is 7.11 Å². The van der Waals surface area contributed by atoms with Crippen molar-refractivity contribution in [2.24, 2.45) is 4.99 Å². The summed E-state index contributed by atoms with van der Waals surface area (Å²) in [6, 6.07) is 5.30. The molecule has 150 valence electrons. The average molecular weight is 375 g/mol. The lowest BCUT2D eigenvalue weighted by Gasteiger charge is -2.35. The summed E-state index contributed by atoms with van der Waals surface area (Å²) in [6.45, 7) is 9.56. The third-order valence-corrected chi connectivity index (χ3v) is 5.57. The summed E-state index contributed by atoms with van der Waals surface area (Å²) >= 11 is 0. The summed E-state index contributed by atoms with van der Waals surface area (Å²) < 4.78 is 11.5. The van der Waals surface area contributed by atoms with Crippen molar-refractivity contribution < 1.29 is 9.47 Å². The minimum Gasteiger partial charge on any atom is -0.496 e. The number of aliphatic imine (C=N–C) groups is 1. The van der Waals surface area contributed by atoms with Gasteiger partial charge in [-0.15, -0.1) is 0 Å². The molecule has 1 aromatic rings. The molecule has 2 aliphatic heterocycles. The first-order valence-corrected chi connectivity index (χ1v) is 10.1. The lowest BCUT2D eigenvalue weighted by atomic mass is 10.0. The van der Waals surface area contributed by atoms with Crippen LogP contribution in [0.1, 0.15) is 44.7 Å². The maximum absolute atomic E-state index is 5.90. The van der Waals surface area contributed by atoms with Crippen molar-refractivity contribution in [2.45, 2.75) is 64.8 Å². The number of guanidine groups is 1. The molecule has 2 heterocycles. The molecule has 1 atom stereocenters. The molecule has 6 nitrogen and oxygen atoms in total. The molecule has 1 unspecified atom stereocenters. The van der Waals surface area contributed by atoms with Crippen molar-refractivity contribution in [3.05, 3.63) is 23.3 Å². The molecule has 1 aromatic carbocycles. The van der Waals surface area contributed by atoms with Crippen molar-refractivity contribution in [3.8, 4) is 11.5 Å². The van der Waals surface area contributed by atoms with Gasteiger partial charge in [0.05, 0.1) is 7.11 Å². The largest absolute Gasteiger partial charge is 0.496 e. The topological polar surface area (TPSA) is 58.1 Å². The van der Waals surface area contributed by atoms with Gasteiger partial charge in [-0.05, 0) is 45.7 Å². The highest BCUT2D eigenvalue weighted by Crippen LogP contribution is 2.34. The Labute approximate surface area is 163 Å². The summed E-state index contributed by atoms with van der Waals surface area (Å²) in [5.41, 5.74) is 2.31. The SMILES string of the molecule is CN=C(NCc1cc2c(cc1OC)CC(C)O2)NC1CCN(C(C)C)CC1. The Kier molecular flexibility index (Phi) is 6.47. The number of ether oxygens (including phenoxy) is 2. The summed E-state index contributed by atoms with van der Waals surface area (Å²) in [5, 5.41) is 7.01. The van der Waals surface area contributed by atoms with Gasteiger partial charge in [0.2, 0.25) is 0 Å². The molecule has 0 radical (unpaired) electrons. The molecule has 2 N–H and O–H groups in total. The normalized spacial score (nSPS) is 21.1. The molecule has 2 aliphatic rings. The number of likely N-dealkylation sites (tertiary alicyclic amines) is 1. The second kappa shape index (κ2) is 8.83. The van der Waals surface area contributed by atoms with Crippen LogP contribution in [0.5, 0.6) is 11.5 Å². The van der Waals surface area contributed by atoms with E-state index in [-0.39, 0.29) is 6.10 Å². The standard InChI is InChI=1S/C21H34N4O2/c1-14(2)25-8-6-18(7-9-25)24-21(22-4)23-13-17-12-20-16(10-15(3)27-20)11-19(17)26-5/h11-12,14-15,18H,6-10,13H2,1-5H3,(H2,22,23,24). The zero-order valence-electron chi connectivity index (χ0n) is 17.3. The number of methoxy groups -OCH3 is 1. The Hall–Kier alpha value is -1.95. The van der Waals surface area contributed by atoms with E-state index in [9.17, 15) is 0 Å². The molecule has 3 rings (SSSR count). The highest BCUT2D eigenvalue weighted by molar-refractivity contribution is 5.80.